The Morgan fingerprint density at radius 2 is 1.81 bits per heavy atom. The number of benzene rings is 2. The zero-order chi connectivity index (χ0) is 22.7. The summed E-state index contributed by atoms with van der Waals surface area (Å²) in [6, 6.07) is 13.3. The van der Waals surface area contributed by atoms with Crippen molar-refractivity contribution in [3.8, 4) is 17.6 Å². The summed E-state index contributed by atoms with van der Waals surface area (Å²) in [4.78, 5) is 4.90. The molecule has 3 aromatic rings. The highest BCUT2D eigenvalue weighted by molar-refractivity contribution is 7.81. The second-order valence-corrected chi connectivity index (χ2v) is 7.58. The first-order valence-corrected chi connectivity index (χ1v) is 10.3. The van der Waals surface area contributed by atoms with Gasteiger partial charge in [0.15, 0.2) is 11.5 Å². The summed E-state index contributed by atoms with van der Waals surface area (Å²) >= 11 is 5.50. The molecule has 0 saturated heterocycles. The summed E-state index contributed by atoms with van der Waals surface area (Å²) in [5, 5.41) is 18.8. The molecule has 1 aliphatic carbocycles. The maximum atomic E-state index is 9.63. The number of hydrogen-bond acceptors (Lipinski definition) is 7. The zero-order valence-corrected chi connectivity index (χ0v) is 18.4. The van der Waals surface area contributed by atoms with Gasteiger partial charge in [0.25, 0.3) is 0 Å². The van der Waals surface area contributed by atoms with Crippen molar-refractivity contribution in [3.05, 3.63) is 71.6 Å². The lowest BCUT2D eigenvalue weighted by atomic mass is 10.0. The summed E-state index contributed by atoms with van der Waals surface area (Å²) in [7, 11) is 3.15. The molecule has 1 atom stereocenters. The molecule has 7 nitrogen and oxygen atoms in total. The first-order valence-electron chi connectivity index (χ1n) is 9.85. The summed E-state index contributed by atoms with van der Waals surface area (Å²) in [5.41, 5.74) is 4.40. The average Bonchev–Trinajstić information content (AvgIpc) is 3.25. The lowest BCUT2D eigenvalue weighted by molar-refractivity contribution is 0.114. The largest absolute Gasteiger partial charge is 0.493 e. The van der Waals surface area contributed by atoms with Gasteiger partial charge in [-0.15, -0.1) is 0 Å². The third kappa shape index (κ3) is 4.14. The molecule has 0 amide bonds. The number of methoxy groups -OCH3 is 2. The monoisotopic (exact) mass is 447 g/mol. The number of ether oxygens (including phenoxy) is 3. The zero-order valence-electron chi connectivity index (χ0n) is 17.6. The highest BCUT2D eigenvalue weighted by atomic mass is 32.1. The molecule has 1 N–H and O–H groups in total. The van der Waals surface area contributed by atoms with Crippen molar-refractivity contribution >= 4 is 33.8 Å². The first kappa shape index (κ1) is 21.7. The maximum Gasteiger partial charge on any atom is 0.163 e. The van der Waals surface area contributed by atoms with Crippen LogP contribution >= 0.6 is 12.2 Å². The number of nitriles is 1. The quantitative estimate of drug-likeness (QED) is 0.551. The average molecular weight is 448 g/mol. The summed E-state index contributed by atoms with van der Waals surface area (Å²) in [6.07, 6.45) is 4.74. The fraction of sp³-hybridized carbons (Fsp3) is 0.208. The predicted molar refractivity (Wildman–Crippen MR) is 124 cm³/mol. The van der Waals surface area contributed by atoms with Gasteiger partial charge in [-0.1, -0.05) is 36.5 Å². The van der Waals surface area contributed by atoms with E-state index in [2.05, 4.69) is 11.1 Å². The minimum absolute atomic E-state index is 0.00814. The number of aliphatic hydroxyl groups is 1. The second-order valence-electron chi connectivity index (χ2n) is 7.14. The van der Waals surface area contributed by atoms with Crippen LogP contribution in [0.2, 0.25) is 0 Å². The van der Waals surface area contributed by atoms with Crippen LogP contribution in [-0.2, 0) is 18.0 Å². The van der Waals surface area contributed by atoms with Gasteiger partial charge in [-0.25, -0.2) is 4.98 Å². The molecule has 0 aliphatic heterocycles. The lowest BCUT2D eigenvalue weighted by Crippen LogP contribution is -2.25. The van der Waals surface area contributed by atoms with Crippen molar-refractivity contribution < 1.29 is 19.3 Å². The van der Waals surface area contributed by atoms with E-state index in [1.54, 1.807) is 32.7 Å². The van der Waals surface area contributed by atoms with Gasteiger partial charge < -0.3 is 19.3 Å². The van der Waals surface area contributed by atoms with Crippen LogP contribution in [0.1, 0.15) is 11.1 Å². The van der Waals surface area contributed by atoms with Crippen molar-refractivity contribution in [1.29, 1.82) is 5.26 Å². The Morgan fingerprint density at radius 3 is 2.47 bits per heavy atom. The molecular formula is C24H21N3O4S. The Bertz CT molecular complexity index is 1270. The number of thiocarbonyl (C=S) groups is 1. The predicted octanol–water partition coefficient (Wildman–Crippen LogP) is 3.81. The molecule has 32 heavy (non-hydrogen) atoms. The number of hydrogen-bond donors (Lipinski definition) is 1. The number of rotatable bonds is 7. The number of nitrogens with zero attached hydrogens (tertiary/aromatic N) is 3. The van der Waals surface area contributed by atoms with Gasteiger partial charge in [0.1, 0.15) is 18.5 Å². The van der Waals surface area contributed by atoms with E-state index in [-0.39, 0.29) is 6.61 Å². The van der Waals surface area contributed by atoms with Crippen LogP contribution in [0, 0.1) is 11.3 Å². The molecule has 4 rings (SSSR count). The van der Waals surface area contributed by atoms with Crippen molar-refractivity contribution in [3.63, 3.8) is 0 Å². The van der Waals surface area contributed by atoms with Crippen molar-refractivity contribution in [2.75, 3.05) is 14.2 Å². The van der Waals surface area contributed by atoms with Gasteiger partial charge in [0.05, 0.1) is 48.9 Å². The van der Waals surface area contributed by atoms with Gasteiger partial charge in [0.2, 0.25) is 0 Å². The Balaban J connectivity index is 1.67. The maximum absolute atomic E-state index is 9.63. The number of imidazole rings is 1. The molecule has 162 valence electrons. The Labute approximate surface area is 190 Å². The topological polar surface area (TPSA) is 89.5 Å². The van der Waals surface area contributed by atoms with Crippen LogP contribution in [-0.4, -0.2) is 39.8 Å². The van der Waals surface area contributed by atoms with Gasteiger partial charge in [-0.2, -0.15) is 5.26 Å². The SMILES string of the molecule is COc1cc2ncn(C3=CC(OCc4ccc(CO)cc4)C(=S)C(C#N)=C3)c2cc1OC. The number of allylic oxidation sites excluding steroid dienone is 2. The molecule has 1 aromatic heterocycles. The standard InChI is InChI=1S/C24H21N3O4S/c1-29-21-9-19-20(10-22(21)30-2)27(14-26-19)18-7-17(11-25)24(32)23(8-18)31-13-16-5-3-15(12-28)4-6-16/h3-10,14,23,28H,12-13H2,1-2H3. The van der Waals surface area contributed by atoms with Crippen LogP contribution < -0.4 is 9.47 Å². The van der Waals surface area contributed by atoms with Crippen LogP contribution in [0.25, 0.3) is 16.7 Å². The van der Waals surface area contributed by atoms with Crippen molar-refractivity contribution in [2.45, 2.75) is 19.3 Å². The van der Waals surface area contributed by atoms with Gasteiger partial charge >= 0.3 is 0 Å². The van der Waals surface area contributed by atoms with Crippen LogP contribution in [0.4, 0.5) is 0 Å². The molecule has 0 spiro atoms. The first-order chi connectivity index (χ1) is 15.6. The van der Waals surface area contributed by atoms with E-state index in [4.69, 9.17) is 26.4 Å². The van der Waals surface area contributed by atoms with Crippen molar-refractivity contribution in [1.82, 2.24) is 9.55 Å². The Hall–Kier alpha value is -3.51. The van der Waals surface area contributed by atoms with Crippen LogP contribution in [0.5, 0.6) is 11.5 Å². The van der Waals surface area contributed by atoms with Gasteiger partial charge in [-0.3, -0.25) is 4.57 Å². The number of aromatic nitrogens is 2. The third-order valence-electron chi connectivity index (χ3n) is 5.22. The fourth-order valence-corrected chi connectivity index (χ4v) is 3.72. The molecule has 0 bridgehead atoms. The minimum atomic E-state index is -0.547. The lowest BCUT2D eigenvalue weighted by Gasteiger charge is -2.21. The van der Waals surface area contributed by atoms with E-state index >= 15 is 0 Å². The second kappa shape index (κ2) is 9.32. The molecule has 1 aliphatic rings. The van der Waals surface area contributed by atoms with Gasteiger partial charge in [0, 0.05) is 17.8 Å². The molecular weight excluding hydrogens is 426 g/mol. The minimum Gasteiger partial charge on any atom is -0.493 e. The van der Waals surface area contributed by atoms with E-state index in [1.165, 1.54) is 0 Å². The van der Waals surface area contributed by atoms with E-state index in [1.807, 2.05) is 41.0 Å². The Kier molecular flexibility index (Phi) is 6.32. The summed E-state index contributed by atoms with van der Waals surface area (Å²) < 4.78 is 18.7. The normalized spacial score (nSPS) is 15.8. The summed E-state index contributed by atoms with van der Waals surface area (Å²) in [5.74, 6) is 1.17. The molecule has 1 heterocycles. The number of fused-ring (bicyclic) bond motifs is 1. The third-order valence-corrected chi connectivity index (χ3v) is 5.68. The summed E-state index contributed by atoms with van der Waals surface area (Å²) in [6.45, 7) is 0.306. The van der Waals surface area contributed by atoms with Crippen LogP contribution in [0.15, 0.2) is 60.5 Å². The molecule has 1 unspecified atom stereocenters. The van der Waals surface area contributed by atoms with Gasteiger partial charge in [-0.05, 0) is 23.3 Å². The molecule has 0 fully saturated rings. The van der Waals surface area contributed by atoms with E-state index in [9.17, 15) is 10.4 Å². The number of aliphatic hydroxyl groups excluding tert-OH is 1. The van der Waals surface area contributed by atoms with Crippen molar-refractivity contribution in [2.24, 2.45) is 0 Å². The fourth-order valence-electron chi connectivity index (χ4n) is 3.48. The molecule has 2 aromatic carbocycles. The highest BCUT2D eigenvalue weighted by Crippen LogP contribution is 2.33. The molecule has 0 saturated carbocycles. The van der Waals surface area contributed by atoms with E-state index < -0.39 is 6.10 Å². The molecule has 0 radical (unpaired) electrons. The van der Waals surface area contributed by atoms with E-state index in [0.29, 0.717) is 28.5 Å². The highest BCUT2D eigenvalue weighted by Gasteiger charge is 2.24. The van der Waals surface area contributed by atoms with Crippen LogP contribution in [0.3, 0.4) is 0 Å². The Morgan fingerprint density at radius 1 is 1.12 bits per heavy atom. The van der Waals surface area contributed by atoms with E-state index in [0.717, 1.165) is 27.9 Å². The smallest absolute Gasteiger partial charge is 0.163 e. The molecule has 8 heteroatoms.